The topological polar surface area (TPSA) is 57.8 Å². The van der Waals surface area contributed by atoms with E-state index in [4.69, 9.17) is 5.73 Å². The van der Waals surface area contributed by atoms with E-state index in [1.807, 2.05) is 6.20 Å². The van der Waals surface area contributed by atoms with Crippen LogP contribution in [0, 0.1) is 0 Å². The van der Waals surface area contributed by atoms with Crippen molar-refractivity contribution in [2.45, 2.75) is 6.04 Å². The van der Waals surface area contributed by atoms with Crippen LogP contribution in [0.4, 0.5) is 0 Å². The van der Waals surface area contributed by atoms with Crippen LogP contribution >= 0.6 is 15.9 Å². The molecule has 98 valence electrons. The van der Waals surface area contributed by atoms with Crippen molar-refractivity contribution < 1.29 is 0 Å². The Morgan fingerprint density at radius 3 is 2.94 bits per heavy atom. The highest BCUT2D eigenvalue weighted by Crippen LogP contribution is 2.26. The van der Waals surface area contributed by atoms with Gasteiger partial charge in [0.05, 0.1) is 12.6 Å². The number of hydrogen-bond acceptors (Lipinski definition) is 5. The van der Waals surface area contributed by atoms with Crippen LogP contribution in [0.25, 0.3) is 0 Å². The van der Waals surface area contributed by atoms with Gasteiger partial charge in [0.1, 0.15) is 0 Å². The average molecular weight is 312 g/mol. The molecule has 0 saturated carbocycles. The fourth-order valence-electron chi connectivity index (χ4n) is 2.00. The summed E-state index contributed by atoms with van der Waals surface area (Å²) in [4.78, 5) is 12.8. The third-order valence-electron chi connectivity index (χ3n) is 3.00. The first-order chi connectivity index (χ1) is 8.58. The van der Waals surface area contributed by atoms with Crippen molar-refractivity contribution in [3.63, 3.8) is 0 Å². The zero-order valence-corrected chi connectivity index (χ0v) is 12.3. The Morgan fingerprint density at radius 2 is 2.28 bits per heavy atom. The molecule has 0 spiro atoms. The van der Waals surface area contributed by atoms with Gasteiger partial charge < -0.3 is 15.5 Å². The van der Waals surface area contributed by atoms with Crippen molar-refractivity contribution in [1.29, 1.82) is 0 Å². The minimum absolute atomic E-state index is 0.204. The first-order valence-electron chi connectivity index (χ1n) is 5.89. The van der Waals surface area contributed by atoms with E-state index in [0.29, 0.717) is 12.5 Å². The molecule has 1 aromatic rings. The summed E-state index contributed by atoms with van der Waals surface area (Å²) in [5.41, 5.74) is 7.10. The number of nitrogens with zero attached hydrogens (tertiary/aromatic N) is 4. The van der Waals surface area contributed by atoms with Crippen molar-refractivity contribution in [2.24, 2.45) is 10.7 Å². The molecular formula is C12H18BrN5. The van der Waals surface area contributed by atoms with Gasteiger partial charge in [0.25, 0.3) is 0 Å². The number of halogens is 1. The van der Waals surface area contributed by atoms with Gasteiger partial charge in [0.15, 0.2) is 5.96 Å². The summed E-state index contributed by atoms with van der Waals surface area (Å²) in [6, 6.07) is 2.28. The van der Waals surface area contributed by atoms with Crippen molar-refractivity contribution in [3.8, 4) is 0 Å². The predicted molar refractivity (Wildman–Crippen MR) is 76.4 cm³/mol. The van der Waals surface area contributed by atoms with Gasteiger partial charge in [-0.3, -0.25) is 9.98 Å². The van der Waals surface area contributed by atoms with E-state index in [2.05, 4.69) is 55.9 Å². The molecule has 2 rings (SSSR count). The Kier molecular flexibility index (Phi) is 4.19. The van der Waals surface area contributed by atoms with Gasteiger partial charge in [-0.2, -0.15) is 0 Å². The van der Waals surface area contributed by atoms with Crippen LogP contribution in [0.15, 0.2) is 27.9 Å². The van der Waals surface area contributed by atoms with Crippen LogP contribution in [0.1, 0.15) is 11.6 Å². The molecule has 1 atom stereocenters. The Labute approximate surface area is 116 Å². The highest BCUT2D eigenvalue weighted by molar-refractivity contribution is 9.10. The lowest BCUT2D eigenvalue weighted by Gasteiger charge is -2.27. The normalized spacial score (nSPS) is 19.4. The summed E-state index contributed by atoms with van der Waals surface area (Å²) in [6.45, 7) is 2.53. The quantitative estimate of drug-likeness (QED) is 0.904. The molecule has 0 amide bonds. The highest BCUT2D eigenvalue weighted by atomic mass is 79.9. The summed E-state index contributed by atoms with van der Waals surface area (Å²) in [5, 5.41) is 0. The zero-order chi connectivity index (χ0) is 13.1. The number of rotatable bonds is 4. The van der Waals surface area contributed by atoms with Crippen molar-refractivity contribution >= 4 is 21.9 Å². The third-order valence-corrected chi connectivity index (χ3v) is 3.43. The lowest BCUT2D eigenvalue weighted by molar-refractivity contribution is 0.293. The average Bonchev–Trinajstić information content (AvgIpc) is 2.68. The van der Waals surface area contributed by atoms with Gasteiger partial charge in [0, 0.05) is 30.0 Å². The number of aliphatic imine (C=N–C) groups is 1. The molecule has 0 bridgehead atoms. The molecular weight excluding hydrogens is 294 g/mol. The Hall–Kier alpha value is -1.14. The first kappa shape index (κ1) is 13.3. The molecule has 1 unspecified atom stereocenters. The minimum Gasteiger partial charge on any atom is -0.370 e. The van der Waals surface area contributed by atoms with Crippen LogP contribution < -0.4 is 5.73 Å². The molecule has 18 heavy (non-hydrogen) atoms. The SMILES string of the molecule is CN(C)CCN1C(N)=NCC1c1cncc(Br)c1. The molecule has 1 aliphatic heterocycles. The lowest BCUT2D eigenvalue weighted by Crippen LogP contribution is -2.40. The minimum atomic E-state index is 0.204. The number of nitrogens with two attached hydrogens (primary N) is 1. The second kappa shape index (κ2) is 5.67. The van der Waals surface area contributed by atoms with E-state index < -0.39 is 0 Å². The second-order valence-corrected chi connectivity index (χ2v) is 5.56. The number of likely N-dealkylation sites (N-methyl/N-ethyl adjacent to an activating group) is 1. The maximum absolute atomic E-state index is 5.96. The third kappa shape index (κ3) is 3.00. The van der Waals surface area contributed by atoms with Crippen LogP contribution in [0.2, 0.25) is 0 Å². The monoisotopic (exact) mass is 311 g/mol. The zero-order valence-electron chi connectivity index (χ0n) is 10.7. The summed E-state index contributed by atoms with van der Waals surface area (Å²) >= 11 is 3.45. The fourth-order valence-corrected chi connectivity index (χ4v) is 2.39. The number of pyridine rings is 1. The van der Waals surface area contributed by atoms with E-state index in [1.54, 1.807) is 6.20 Å². The predicted octanol–water partition coefficient (Wildman–Crippen LogP) is 1.08. The van der Waals surface area contributed by atoms with Crippen LogP contribution in [0.3, 0.4) is 0 Å². The van der Waals surface area contributed by atoms with Gasteiger partial charge >= 0.3 is 0 Å². The van der Waals surface area contributed by atoms with E-state index in [0.717, 1.165) is 23.1 Å². The Morgan fingerprint density at radius 1 is 1.50 bits per heavy atom. The molecule has 0 aromatic carbocycles. The summed E-state index contributed by atoms with van der Waals surface area (Å²) in [5.74, 6) is 0.627. The molecule has 0 radical (unpaired) electrons. The smallest absolute Gasteiger partial charge is 0.191 e. The van der Waals surface area contributed by atoms with Gasteiger partial charge in [-0.1, -0.05) is 0 Å². The van der Waals surface area contributed by atoms with Gasteiger partial charge in [0.2, 0.25) is 0 Å². The molecule has 0 fully saturated rings. The molecule has 1 aromatic heterocycles. The first-order valence-corrected chi connectivity index (χ1v) is 6.69. The summed E-state index contributed by atoms with van der Waals surface area (Å²) in [6.07, 6.45) is 3.67. The van der Waals surface area contributed by atoms with Gasteiger partial charge in [-0.25, -0.2) is 0 Å². The van der Waals surface area contributed by atoms with E-state index >= 15 is 0 Å². The van der Waals surface area contributed by atoms with Crippen LogP contribution in [-0.2, 0) is 0 Å². The highest BCUT2D eigenvalue weighted by Gasteiger charge is 2.27. The number of guanidine groups is 1. The van der Waals surface area contributed by atoms with E-state index in [1.165, 1.54) is 0 Å². The summed E-state index contributed by atoms with van der Waals surface area (Å²) < 4.78 is 0.984. The fraction of sp³-hybridized carbons (Fsp3) is 0.500. The molecule has 2 N–H and O–H groups in total. The lowest BCUT2D eigenvalue weighted by atomic mass is 10.1. The van der Waals surface area contributed by atoms with E-state index in [-0.39, 0.29) is 6.04 Å². The Bertz CT molecular complexity index is 446. The van der Waals surface area contributed by atoms with Gasteiger partial charge in [-0.05, 0) is 41.7 Å². The van der Waals surface area contributed by atoms with Crippen molar-refractivity contribution in [2.75, 3.05) is 33.7 Å². The number of hydrogen-bond donors (Lipinski definition) is 1. The maximum Gasteiger partial charge on any atom is 0.191 e. The van der Waals surface area contributed by atoms with Crippen LogP contribution in [0.5, 0.6) is 0 Å². The molecule has 1 aliphatic rings. The van der Waals surface area contributed by atoms with Crippen LogP contribution in [-0.4, -0.2) is 54.5 Å². The molecule has 6 heteroatoms. The van der Waals surface area contributed by atoms with Crippen molar-refractivity contribution in [3.05, 3.63) is 28.5 Å². The number of aromatic nitrogens is 1. The molecule has 2 heterocycles. The molecule has 5 nitrogen and oxygen atoms in total. The second-order valence-electron chi connectivity index (χ2n) is 4.65. The Balaban J connectivity index is 2.12. The van der Waals surface area contributed by atoms with Crippen molar-refractivity contribution in [1.82, 2.24) is 14.8 Å². The maximum atomic E-state index is 5.96. The molecule has 0 saturated heterocycles. The van der Waals surface area contributed by atoms with E-state index in [9.17, 15) is 0 Å². The standard InChI is InChI=1S/C12H18BrN5/c1-17(2)3-4-18-11(8-16-12(18)14)9-5-10(13)7-15-6-9/h5-7,11H,3-4,8H2,1-2H3,(H2,14,16). The summed E-state index contributed by atoms with van der Waals surface area (Å²) in [7, 11) is 4.11. The molecule has 0 aliphatic carbocycles. The largest absolute Gasteiger partial charge is 0.370 e. The van der Waals surface area contributed by atoms with Gasteiger partial charge in [-0.15, -0.1) is 0 Å².